The van der Waals surface area contributed by atoms with E-state index in [1.807, 2.05) is 56.9 Å². The minimum Gasteiger partial charge on any atom is -0.491 e. The number of hydrogen-bond donors (Lipinski definition) is 3. The minimum atomic E-state index is -3.06. The van der Waals surface area contributed by atoms with Crippen molar-refractivity contribution < 1.29 is 28.1 Å². The van der Waals surface area contributed by atoms with E-state index < -0.39 is 12.1 Å². The first-order valence-electron chi connectivity index (χ1n) is 20.5. The van der Waals surface area contributed by atoms with Gasteiger partial charge in [0.05, 0.1) is 49.1 Å². The molecule has 4 aromatic heterocycles. The molecule has 0 unspecified atom stereocenters. The number of nitrogens with one attached hydrogen (secondary N) is 2. The van der Waals surface area contributed by atoms with Crippen LogP contribution in [0, 0.1) is 0 Å². The number of anilines is 2. The van der Waals surface area contributed by atoms with Crippen LogP contribution in [0.25, 0.3) is 44.6 Å². The SMILES string of the molecule is CC(C)Oc1ccc2[nH]nc(-c3cc(N4CCOCC4)c(=O)n(C(F)F)n3)c2c1.CCCCN(CCO)c1cc(-c2n[nH]c3ccc(OC(C)C)cc23)nn(C2CC2)c1=O. The van der Waals surface area contributed by atoms with Crippen molar-refractivity contribution >= 4 is 33.2 Å². The number of fused-ring (bicyclic) bond motifs is 2. The maximum atomic E-state index is 13.5. The zero-order valence-electron chi connectivity index (χ0n) is 34.5. The number of morpholine rings is 1. The van der Waals surface area contributed by atoms with E-state index in [1.54, 1.807) is 27.8 Å². The Labute approximate surface area is 345 Å². The number of aliphatic hydroxyl groups is 1. The topological polar surface area (TPSA) is 182 Å². The van der Waals surface area contributed by atoms with Crippen LogP contribution in [0.15, 0.2) is 58.1 Å². The largest absolute Gasteiger partial charge is 0.491 e. The lowest BCUT2D eigenvalue weighted by molar-refractivity contribution is 0.0514. The van der Waals surface area contributed by atoms with Crippen molar-refractivity contribution in [3.63, 3.8) is 0 Å². The van der Waals surface area contributed by atoms with Crippen molar-refractivity contribution in [2.45, 2.75) is 85.1 Å². The van der Waals surface area contributed by atoms with Crippen LogP contribution >= 0.6 is 0 Å². The number of H-pyrrole nitrogens is 2. The molecule has 1 aliphatic carbocycles. The molecule has 6 aromatic rings. The van der Waals surface area contributed by atoms with Gasteiger partial charge in [0.25, 0.3) is 11.1 Å². The van der Waals surface area contributed by atoms with Gasteiger partial charge in [0.2, 0.25) is 0 Å². The highest BCUT2D eigenvalue weighted by atomic mass is 19.3. The van der Waals surface area contributed by atoms with Crippen LogP contribution in [0.4, 0.5) is 20.2 Å². The van der Waals surface area contributed by atoms with Gasteiger partial charge in [-0.2, -0.15) is 33.9 Å². The monoisotopic (exact) mass is 830 g/mol. The van der Waals surface area contributed by atoms with E-state index in [2.05, 4.69) is 32.4 Å². The Morgan fingerprint density at radius 2 is 1.42 bits per heavy atom. The Bertz CT molecular complexity index is 2520. The van der Waals surface area contributed by atoms with Crippen molar-refractivity contribution in [2.75, 3.05) is 55.8 Å². The first-order chi connectivity index (χ1) is 28.9. The molecule has 0 radical (unpaired) electrons. The number of hydrogen-bond acceptors (Lipinski definition) is 12. The summed E-state index contributed by atoms with van der Waals surface area (Å²) in [4.78, 5) is 29.5. The van der Waals surface area contributed by atoms with Gasteiger partial charge in [0, 0.05) is 37.0 Å². The van der Waals surface area contributed by atoms with Crippen LogP contribution in [0.3, 0.4) is 0 Å². The highest BCUT2D eigenvalue weighted by Gasteiger charge is 2.29. The first kappa shape index (κ1) is 42.3. The first-order valence-corrected chi connectivity index (χ1v) is 20.5. The standard InChI is InChI=1S/C23H31N5O3.C19H21F2N5O3/c1-4-5-10-27(11-12-29)21-14-20(26-28(23(21)30)16-6-7-16)22-18-13-17(31-15(2)3)8-9-19(18)24-25-22;1-11(2)29-12-3-4-14-13(9-12)17(23-22-14)15-10-16(25-5-7-28-8-6-25)18(27)26(24-15)19(20)21/h8-9,13-16,29H,4-7,10-12H2,1-3H3,(H,24,25);3-4,9-11,19H,5-8H2,1-2H3,(H,22,23). The third-order valence-corrected chi connectivity index (χ3v) is 10.1. The molecule has 0 bridgehead atoms. The smallest absolute Gasteiger partial charge is 0.336 e. The summed E-state index contributed by atoms with van der Waals surface area (Å²) in [5.41, 5.74) is 3.28. The van der Waals surface area contributed by atoms with Gasteiger partial charge in [-0.3, -0.25) is 19.8 Å². The van der Waals surface area contributed by atoms with Crippen molar-refractivity contribution in [1.29, 1.82) is 0 Å². The van der Waals surface area contributed by atoms with Crippen LogP contribution in [-0.2, 0) is 4.74 Å². The third-order valence-electron chi connectivity index (χ3n) is 10.1. The lowest BCUT2D eigenvalue weighted by atomic mass is 10.1. The Balaban J connectivity index is 0.000000182. The molecule has 16 nitrogen and oxygen atoms in total. The average Bonchev–Trinajstić information content (AvgIpc) is 3.86. The molecule has 1 saturated heterocycles. The fourth-order valence-electron chi connectivity index (χ4n) is 7.08. The van der Waals surface area contributed by atoms with Gasteiger partial charge in [-0.05, 0) is 95.5 Å². The highest BCUT2D eigenvalue weighted by molar-refractivity contribution is 5.94. The second kappa shape index (κ2) is 18.6. The quantitative estimate of drug-likeness (QED) is 0.105. The minimum absolute atomic E-state index is 0.00846. The van der Waals surface area contributed by atoms with E-state index in [1.165, 1.54) is 6.07 Å². The maximum absolute atomic E-state index is 13.5. The predicted octanol–water partition coefficient (Wildman–Crippen LogP) is 6.31. The summed E-state index contributed by atoms with van der Waals surface area (Å²) in [5, 5.41) is 34.4. The van der Waals surface area contributed by atoms with Crippen molar-refractivity contribution in [3.8, 4) is 34.3 Å². The molecule has 2 fully saturated rings. The summed E-state index contributed by atoms with van der Waals surface area (Å²) in [6.45, 7) is 9.71. The lowest BCUT2D eigenvalue weighted by Gasteiger charge is -2.28. The van der Waals surface area contributed by atoms with Gasteiger partial charge in [-0.1, -0.05) is 13.3 Å². The zero-order chi connectivity index (χ0) is 42.5. The molecule has 0 amide bonds. The molecule has 1 aliphatic heterocycles. The van der Waals surface area contributed by atoms with Crippen LogP contribution < -0.4 is 30.4 Å². The van der Waals surface area contributed by atoms with Crippen molar-refractivity contribution in [1.82, 2.24) is 40.0 Å². The van der Waals surface area contributed by atoms with E-state index in [0.717, 1.165) is 42.3 Å². The van der Waals surface area contributed by atoms with E-state index in [-0.39, 0.29) is 46.5 Å². The van der Waals surface area contributed by atoms with Gasteiger partial charge in [0.15, 0.2) is 0 Å². The molecule has 2 aliphatic rings. The highest BCUT2D eigenvalue weighted by Crippen LogP contribution is 2.36. The van der Waals surface area contributed by atoms with Gasteiger partial charge in [0.1, 0.15) is 45.6 Å². The number of aromatic nitrogens is 8. The number of unbranched alkanes of at least 4 members (excludes halogenated alkanes) is 1. The Morgan fingerprint density at radius 1 is 0.833 bits per heavy atom. The summed E-state index contributed by atoms with van der Waals surface area (Å²) in [5.74, 6) is 1.40. The molecule has 8 rings (SSSR count). The summed E-state index contributed by atoms with van der Waals surface area (Å²) in [6.07, 6.45) is 3.92. The van der Waals surface area contributed by atoms with Crippen LogP contribution in [0.5, 0.6) is 11.5 Å². The van der Waals surface area contributed by atoms with Crippen LogP contribution in [0.2, 0.25) is 0 Å². The van der Waals surface area contributed by atoms with Gasteiger partial charge < -0.3 is 29.1 Å². The number of aromatic amines is 2. The van der Waals surface area contributed by atoms with Crippen LogP contribution in [-0.4, -0.2) is 103 Å². The second-order valence-electron chi connectivity index (χ2n) is 15.4. The van der Waals surface area contributed by atoms with Gasteiger partial charge >= 0.3 is 6.55 Å². The number of alkyl halides is 2. The third kappa shape index (κ3) is 9.44. The van der Waals surface area contributed by atoms with E-state index in [4.69, 9.17) is 19.3 Å². The summed E-state index contributed by atoms with van der Waals surface area (Å²) in [7, 11) is 0. The molecule has 0 atom stereocenters. The molecule has 2 aromatic carbocycles. The Hall–Kier alpha value is -5.88. The molecule has 1 saturated carbocycles. The van der Waals surface area contributed by atoms with E-state index in [0.29, 0.717) is 78.8 Å². The van der Waals surface area contributed by atoms with Crippen molar-refractivity contribution in [3.05, 3.63) is 69.2 Å². The predicted molar refractivity (Wildman–Crippen MR) is 225 cm³/mol. The van der Waals surface area contributed by atoms with Crippen LogP contribution in [0.1, 0.15) is 72.9 Å². The Morgan fingerprint density at radius 3 is 1.93 bits per heavy atom. The molecule has 60 heavy (non-hydrogen) atoms. The molecule has 3 N–H and O–H groups in total. The second-order valence-corrected chi connectivity index (χ2v) is 15.4. The normalized spacial score (nSPS) is 14.3. The average molecular weight is 831 g/mol. The van der Waals surface area contributed by atoms with E-state index in [9.17, 15) is 23.5 Å². The number of aliphatic hydroxyl groups excluding tert-OH is 1. The molecule has 5 heterocycles. The number of benzene rings is 2. The van der Waals surface area contributed by atoms with Gasteiger partial charge in [-0.25, -0.2) is 4.68 Å². The number of nitrogens with zero attached hydrogens (tertiary/aromatic N) is 8. The zero-order valence-corrected chi connectivity index (χ0v) is 34.5. The summed E-state index contributed by atoms with van der Waals surface area (Å²) < 4.78 is 45.7. The lowest BCUT2D eigenvalue weighted by Crippen LogP contribution is -2.41. The summed E-state index contributed by atoms with van der Waals surface area (Å²) in [6, 6.07) is 14.7. The van der Waals surface area contributed by atoms with E-state index >= 15 is 0 Å². The Kier molecular flexibility index (Phi) is 13.1. The molecular formula is C42H52F2N10O6. The summed E-state index contributed by atoms with van der Waals surface area (Å²) >= 11 is 0. The van der Waals surface area contributed by atoms with Crippen molar-refractivity contribution in [2.24, 2.45) is 0 Å². The molecule has 0 spiro atoms. The molecular weight excluding hydrogens is 779 g/mol. The fraction of sp³-hybridized carbons (Fsp3) is 0.476. The number of rotatable bonds is 15. The molecule has 320 valence electrons. The maximum Gasteiger partial charge on any atom is 0.336 e. The number of halogens is 2. The van der Waals surface area contributed by atoms with Gasteiger partial charge in [-0.15, -0.1) is 0 Å². The fourth-order valence-corrected chi connectivity index (χ4v) is 7.08. The molecule has 18 heteroatoms. The number of ether oxygens (including phenoxy) is 3.